The monoisotopic (exact) mass is 191 g/mol. The maximum Gasteiger partial charge on any atom is 0.259 e. The normalized spacial score (nSPS) is 10.4. The standard InChI is InChI=1S/C9H9N3O2/c1-5-3-4-7(9(13)10-5)8-11-6(2)14-12-8/h3-4H,1-2H3,(H,10,13). The number of nitrogens with zero attached hydrogens (tertiary/aromatic N) is 2. The second kappa shape index (κ2) is 3.10. The van der Waals surface area contributed by atoms with Crippen LogP contribution in [-0.4, -0.2) is 15.1 Å². The van der Waals surface area contributed by atoms with Crippen LogP contribution in [0.1, 0.15) is 11.6 Å². The summed E-state index contributed by atoms with van der Waals surface area (Å²) in [5, 5.41) is 3.67. The molecule has 2 heterocycles. The van der Waals surface area contributed by atoms with Gasteiger partial charge < -0.3 is 9.51 Å². The minimum Gasteiger partial charge on any atom is -0.339 e. The predicted octanol–water partition coefficient (Wildman–Crippen LogP) is 1.04. The Kier molecular flexibility index (Phi) is 1.92. The van der Waals surface area contributed by atoms with Gasteiger partial charge in [0.05, 0.1) is 5.56 Å². The van der Waals surface area contributed by atoms with Crippen LogP contribution in [0.4, 0.5) is 0 Å². The highest BCUT2D eigenvalue weighted by molar-refractivity contribution is 5.52. The van der Waals surface area contributed by atoms with E-state index in [1.165, 1.54) is 0 Å². The third-order valence-electron chi connectivity index (χ3n) is 1.82. The minimum absolute atomic E-state index is 0.203. The van der Waals surface area contributed by atoms with E-state index in [-0.39, 0.29) is 5.56 Å². The lowest BCUT2D eigenvalue weighted by molar-refractivity contribution is 0.394. The van der Waals surface area contributed by atoms with Crippen LogP contribution in [0.2, 0.25) is 0 Å². The van der Waals surface area contributed by atoms with Crippen molar-refractivity contribution in [3.8, 4) is 11.4 Å². The van der Waals surface area contributed by atoms with Gasteiger partial charge in [0.1, 0.15) is 0 Å². The Hall–Kier alpha value is -1.91. The lowest BCUT2D eigenvalue weighted by atomic mass is 10.2. The van der Waals surface area contributed by atoms with Gasteiger partial charge in [0.25, 0.3) is 5.56 Å². The highest BCUT2D eigenvalue weighted by Gasteiger charge is 2.09. The third-order valence-corrected chi connectivity index (χ3v) is 1.82. The zero-order valence-corrected chi connectivity index (χ0v) is 7.87. The van der Waals surface area contributed by atoms with Crippen LogP contribution >= 0.6 is 0 Å². The lowest BCUT2D eigenvalue weighted by Crippen LogP contribution is -2.10. The summed E-state index contributed by atoms with van der Waals surface area (Å²) >= 11 is 0. The molecule has 0 spiro atoms. The fraction of sp³-hybridized carbons (Fsp3) is 0.222. The molecule has 0 saturated heterocycles. The van der Waals surface area contributed by atoms with Crippen LogP contribution in [0.5, 0.6) is 0 Å². The summed E-state index contributed by atoms with van der Waals surface area (Å²) < 4.78 is 4.79. The number of aromatic nitrogens is 3. The fourth-order valence-electron chi connectivity index (χ4n) is 1.16. The van der Waals surface area contributed by atoms with Gasteiger partial charge >= 0.3 is 0 Å². The summed E-state index contributed by atoms with van der Waals surface area (Å²) in [7, 11) is 0. The second-order valence-electron chi connectivity index (χ2n) is 3.02. The molecule has 14 heavy (non-hydrogen) atoms. The van der Waals surface area contributed by atoms with Crippen LogP contribution in [0.25, 0.3) is 11.4 Å². The molecule has 0 unspecified atom stereocenters. The van der Waals surface area contributed by atoms with E-state index in [0.717, 1.165) is 5.69 Å². The van der Waals surface area contributed by atoms with Crippen molar-refractivity contribution in [3.05, 3.63) is 34.1 Å². The first-order valence-corrected chi connectivity index (χ1v) is 4.17. The number of aryl methyl sites for hydroxylation is 2. The van der Waals surface area contributed by atoms with E-state index in [9.17, 15) is 4.79 Å². The van der Waals surface area contributed by atoms with Crippen LogP contribution in [0, 0.1) is 13.8 Å². The Morgan fingerprint density at radius 3 is 2.71 bits per heavy atom. The van der Waals surface area contributed by atoms with E-state index >= 15 is 0 Å². The van der Waals surface area contributed by atoms with E-state index in [1.54, 1.807) is 19.1 Å². The Labute approximate surface area is 79.8 Å². The Morgan fingerprint density at radius 2 is 2.14 bits per heavy atom. The first-order valence-electron chi connectivity index (χ1n) is 4.17. The van der Waals surface area contributed by atoms with Crippen molar-refractivity contribution < 1.29 is 4.52 Å². The molecule has 0 bridgehead atoms. The Balaban J connectivity index is 2.57. The van der Waals surface area contributed by atoms with Gasteiger partial charge in [-0.15, -0.1) is 0 Å². The SMILES string of the molecule is Cc1ccc(-c2noc(C)n2)c(=O)[nH]1. The highest BCUT2D eigenvalue weighted by atomic mass is 16.5. The van der Waals surface area contributed by atoms with Gasteiger partial charge in [-0.3, -0.25) is 4.79 Å². The molecule has 5 heteroatoms. The van der Waals surface area contributed by atoms with Gasteiger partial charge in [-0.2, -0.15) is 4.98 Å². The van der Waals surface area contributed by atoms with Crippen molar-refractivity contribution in [1.29, 1.82) is 0 Å². The molecular weight excluding hydrogens is 182 g/mol. The van der Waals surface area contributed by atoms with Crippen LogP contribution in [0.15, 0.2) is 21.5 Å². The van der Waals surface area contributed by atoms with E-state index < -0.39 is 0 Å². The number of hydrogen-bond acceptors (Lipinski definition) is 4. The summed E-state index contributed by atoms with van der Waals surface area (Å²) in [6.07, 6.45) is 0. The zero-order valence-electron chi connectivity index (χ0n) is 7.87. The largest absolute Gasteiger partial charge is 0.339 e. The van der Waals surface area contributed by atoms with E-state index in [4.69, 9.17) is 4.52 Å². The highest BCUT2D eigenvalue weighted by Crippen LogP contribution is 2.09. The fourth-order valence-corrected chi connectivity index (χ4v) is 1.16. The maximum absolute atomic E-state index is 11.5. The quantitative estimate of drug-likeness (QED) is 0.731. The molecule has 2 aromatic rings. The molecule has 1 N–H and O–H groups in total. The summed E-state index contributed by atoms with van der Waals surface area (Å²) in [5.41, 5.74) is 1.03. The molecule has 0 aliphatic carbocycles. The summed E-state index contributed by atoms with van der Waals surface area (Å²) in [6.45, 7) is 3.49. The zero-order chi connectivity index (χ0) is 10.1. The van der Waals surface area contributed by atoms with Gasteiger partial charge in [-0.05, 0) is 19.1 Å². The van der Waals surface area contributed by atoms with Crippen molar-refractivity contribution in [1.82, 2.24) is 15.1 Å². The van der Waals surface area contributed by atoms with Gasteiger partial charge in [-0.25, -0.2) is 0 Å². The lowest BCUT2D eigenvalue weighted by Gasteiger charge is -1.94. The van der Waals surface area contributed by atoms with E-state index in [1.807, 2.05) is 6.92 Å². The molecule has 2 aromatic heterocycles. The molecule has 0 aromatic carbocycles. The second-order valence-corrected chi connectivity index (χ2v) is 3.02. The number of nitrogens with one attached hydrogen (secondary N) is 1. The summed E-state index contributed by atoms with van der Waals surface area (Å²) in [4.78, 5) is 18.1. The van der Waals surface area contributed by atoms with E-state index in [0.29, 0.717) is 17.3 Å². The summed E-state index contributed by atoms with van der Waals surface area (Å²) in [5.74, 6) is 0.767. The number of hydrogen-bond donors (Lipinski definition) is 1. The van der Waals surface area contributed by atoms with Gasteiger partial charge in [0, 0.05) is 12.6 Å². The Morgan fingerprint density at radius 1 is 1.36 bits per heavy atom. The van der Waals surface area contributed by atoms with Gasteiger partial charge in [-0.1, -0.05) is 5.16 Å². The van der Waals surface area contributed by atoms with Crippen molar-refractivity contribution in [2.75, 3.05) is 0 Å². The first kappa shape index (κ1) is 8.68. The molecule has 0 atom stereocenters. The molecule has 72 valence electrons. The smallest absolute Gasteiger partial charge is 0.259 e. The molecule has 5 nitrogen and oxygen atoms in total. The molecule has 2 rings (SSSR count). The molecule has 0 aliphatic heterocycles. The van der Waals surface area contributed by atoms with Gasteiger partial charge in [0.2, 0.25) is 11.7 Å². The topological polar surface area (TPSA) is 71.8 Å². The maximum atomic E-state index is 11.5. The first-order chi connectivity index (χ1) is 6.66. The van der Waals surface area contributed by atoms with Crippen molar-refractivity contribution >= 4 is 0 Å². The average molecular weight is 191 g/mol. The van der Waals surface area contributed by atoms with Crippen LogP contribution in [0.3, 0.4) is 0 Å². The number of pyridine rings is 1. The minimum atomic E-state index is -0.203. The molecule has 0 amide bonds. The predicted molar refractivity (Wildman–Crippen MR) is 49.8 cm³/mol. The number of H-pyrrole nitrogens is 1. The molecule has 0 fully saturated rings. The average Bonchev–Trinajstić information content (AvgIpc) is 2.51. The molecule has 0 saturated carbocycles. The van der Waals surface area contributed by atoms with Crippen LogP contribution < -0.4 is 5.56 Å². The summed E-state index contributed by atoms with van der Waals surface area (Å²) in [6, 6.07) is 3.47. The number of rotatable bonds is 1. The molecule has 0 aliphatic rings. The van der Waals surface area contributed by atoms with Crippen molar-refractivity contribution in [3.63, 3.8) is 0 Å². The van der Waals surface area contributed by atoms with Crippen molar-refractivity contribution in [2.45, 2.75) is 13.8 Å². The number of aromatic amines is 1. The molecular formula is C9H9N3O2. The van der Waals surface area contributed by atoms with Crippen LogP contribution in [-0.2, 0) is 0 Å². The van der Waals surface area contributed by atoms with Gasteiger partial charge in [0.15, 0.2) is 0 Å². The van der Waals surface area contributed by atoms with Crippen molar-refractivity contribution in [2.24, 2.45) is 0 Å². The van der Waals surface area contributed by atoms with E-state index in [2.05, 4.69) is 15.1 Å². The molecule has 0 radical (unpaired) electrons. The Bertz CT molecular complexity index is 513. The third kappa shape index (κ3) is 1.44.